The summed E-state index contributed by atoms with van der Waals surface area (Å²) < 4.78 is 5.15. The van der Waals surface area contributed by atoms with Crippen LogP contribution in [0, 0.1) is 0 Å². The maximum Gasteiger partial charge on any atom is 0.176 e. The van der Waals surface area contributed by atoms with Crippen LogP contribution >= 0.6 is 12.2 Å². The minimum Gasteiger partial charge on any atom is -0.484 e. The van der Waals surface area contributed by atoms with Gasteiger partial charge in [-0.2, -0.15) is 0 Å². The Morgan fingerprint density at radius 3 is 2.82 bits per heavy atom. The summed E-state index contributed by atoms with van der Waals surface area (Å²) >= 11 is 4.97. The molecule has 0 aliphatic heterocycles. The summed E-state index contributed by atoms with van der Waals surface area (Å²) in [5.41, 5.74) is 5.25. The molecule has 0 aromatic rings. The summed E-state index contributed by atoms with van der Waals surface area (Å²) in [6.45, 7) is 5.92. The molecule has 3 N–H and O–H groups in total. The van der Waals surface area contributed by atoms with Crippen molar-refractivity contribution in [3.8, 4) is 0 Å². The van der Waals surface area contributed by atoms with Crippen molar-refractivity contribution in [2.24, 2.45) is 5.73 Å². The number of ether oxygens (including phenoxy) is 1. The fraction of sp³-hybridized carbons (Fsp3) is 0.857. The highest BCUT2D eigenvalue weighted by Crippen LogP contribution is 1.89. The van der Waals surface area contributed by atoms with Crippen molar-refractivity contribution in [2.75, 3.05) is 19.7 Å². The van der Waals surface area contributed by atoms with Crippen LogP contribution in [0.1, 0.15) is 13.8 Å². The zero-order valence-corrected chi connectivity index (χ0v) is 7.91. The maximum absolute atomic E-state index is 5.25. The molecule has 0 aliphatic rings. The number of nitrogens with two attached hydrogens (primary N) is 1. The molecule has 0 saturated heterocycles. The number of hydrogen-bond donors (Lipinski definition) is 2. The van der Waals surface area contributed by atoms with Gasteiger partial charge >= 0.3 is 0 Å². The predicted molar refractivity (Wildman–Crippen MR) is 50.7 cm³/mol. The molecular formula is C7H16N2OS. The van der Waals surface area contributed by atoms with Crippen molar-refractivity contribution in [3.05, 3.63) is 0 Å². The smallest absolute Gasteiger partial charge is 0.176 e. The lowest BCUT2D eigenvalue weighted by Gasteiger charge is -2.13. The monoisotopic (exact) mass is 176 g/mol. The average Bonchev–Trinajstić information content (AvgIpc) is 2.00. The third-order valence-corrected chi connectivity index (χ3v) is 1.70. The molecule has 3 nitrogen and oxygen atoms in total. The molecule has 0 rings (SSSR count). The van der Waals surface area contributed by atoms with Crippen molar-refractivity contribution < 1.29 is 4.74 Å². The minimum atomic E-state index is 0.140. The van der Waals surface area contributed by atoms with E-state index in [0.29, 0.717) is 18.2 Å². The number of nitrogens with one attached hydrogen (secondary N) is 1. The zero-order valence-electron chi connectivity index (χ0n) is 7.09. The van der Waals surface area contributed by atoms with E-state index in [9.17, 15) is 0 Å². The zero-order chi connectivity index (χ0) is 8.69. The number of likely N-dealkylation sites (N-methyl/N-ethyl adjacent to an activating group) is 1. The van der Waals surface area contributed by atoms with Gasteiger partial charge in [-0.3, -0.25) is 0 Å². The third kappa shape index (κ3) is 5.12. The first-order valence-corrected chi connectivity index (χ1v) is 4.23. The number of thiocarbonyl (C=S) groups is 1. The molecule has 0 radical (unpaired) electrons. The van der Waals surface area contributed by atoms with Gasteiger partial charge in [0.25, 0.3) is 0 Å². The second-order valence-electron chi connectivity index (χ2n) is 2.24. The second-order valence-corrected chi connectivity index (χ2v) is 2.64. The van der Waals surface area contributed by atoms with Gasteiger partial charge < -0.3 is 15.8 Å². The van der Waals surface area contributed by atoms with Gasteiger partial charge in [0.1, 0.15) is 6.61 Å². The first-order valence-electron chi connectivity index (χ1n) is 3.82. The summed E-state index contributed by atoms with van der Waals surface area (Å²) in [4.78, 5) is 0. The Hall–Kier alpha value is -0.190. The van der Waals surface area contributed by atoms with E-state index in [4.69, 9.17) is 22.7 Å². The van der Waals surface area contributed by atoms with E-state index in [1.54, 1.807) is 0 Å². The summed E-state index contributed by atoms with van der Waals surface area (Å²) in [7, 11) is 0. The molecule has 0 amide bonds. The van der Waals surface area contributed by atoms with Gasteiger partial charge in [-0.05, 0) is 25.7 Å². The third-order valence-electron chi connectivity index (χ3n) is 1.23. The average molecular weight is 176 g/mol. The van der Waals surface area contributed by atoms with Gasteiger partial charge in [0.15, 0.2) is 5.05 Å². The van der Waals surface area contributed by atoms with E-state index < -0.39 is 0 Å². The largest absolute Gasteiger partial charge is 0.484 e. The lowest BCUT2D eigenvalue weighted by Crippen LogP contribution is -2.34. The molecule has 0 saturated carbocycles. The lowest BCUT2D eigenvalue weighted by molar-refractivity contribution is 0.306. The molecule has 0 aromatic carbocycles. The summed E-state index contributed by atoms with van der Waals surface area (Å²) in [5, 5.41) is 3.74. The standard InChI is InChI=1S/C7H16N2OS/c1-3-9-6(2)7(11)10-5-4-8/h6,9H,3-5,8H2,1-2H3/t6-/m0/s1. The van der Waals surface area contributed by atoms with Crippen LogP contribution in [-0.4, -0.2) is 30.8 Å². The Balaban J connectivity index is 3.47. The van der Waals surface area contributed by atoms with Crippen molar-refractivity contribution in [3.63, 3.8) is 0 Å². The van der Waals surface area contributed by atoms with Crippen LogP contribution in [0.5, 0.6) is 0 Å². The molecular weight excluding hydrogens is 160 g/mol. The van der Waals surface area contributed by atoms with Gasteiger partial charge in [0, 0.05) is 6.54 Å². The van der Waals surface area contributed by atoms with E-state index in [-0.39, 0.29) is 6.04 Å². The molecule has 0 aliphatic carbocycles. The SMILES string of the molecule is CCN[C@@H](C)C(=S)OCCN. The Bertz CT molecular complexity index is 119. The van der Waals surface area contributed by atoms with Crippen LogP contribution in [0.15, 0.2) is 0 Å². The topological polar surface area (TPSA) is 47.3 Å². The van der Waals surface area contributed by atoms with E-state index in [2.05, 4.69) is 5.32 Å². The van der Waals surface area contributed by atoms with Gasteiger partial charge in [0.05, 0.1) is 6.04 Å². The minimum absolute atomic E-state index is 0.140. The fourth-order valence-corrected chi connectivity index (χ4v) is 0.841. The highest BCUT2D eigenvalue weighted by molar-refractivity contribution is 7.80. The molecule has 0 aromatic heterocycles. The van der Waals surface area contributed by atoms with Crippen LogP contribution in [0.25, 0.3) is 0 Å². The van der Waals surface area contributed by atoms with Crippen molar-refractivity contribution in [2.45, 2.75) is 19.9 Å². The lowest BCUT2D eigenvalue weighted by atomic mass is 10.3. The Labute approximate surface area is 73.3 Å². The van der Waals surface area contributed by atoms with Crippen molar-refractivity contribution in [1.82, 2.24) is 5.32 Å². The first kappa shape index (κ1) is 10.8. The Morgan fingerprint density at radius 2 is 2.36 bits per heavy atom. The predicted octanol–water partition coefficient (Wildman–Crippen LogP) is 0.287. The highest BCUT2D eigenvalue weighted by Gasteiger charge is 2.06. The van der Waals surface area contributed by atoms with Gasteiger partial charge in [-0.25, -0.2) is 0 Å². The summed E-state index contributed by atoms with van der Waals surface area (Å²) in [5.74, 6) is 0. The Kier molecular flexibility index (Phi) is 6.40. The van der Waals surface area contributed by atoms with E-state index in [0.717, 1.165) is 6.54 Å². The molecule has 0 bridgehead atoms. The molecule has 1 atom stereocenters. The van der Waals surface area contributed by atoms with Crippen LogP contribution in [-0.2, 0) is 4.74 Å². The molecule has 0 heterocycles. The molecule has 0 fully saturated rings. The number of hydrogen-bond acceptors (Lipinski definition) is 4. The Morgan fingerprint density at radius 1 is 1.73 bits per heavy atom. The van der Waals surface area contributed by atoms with Crippen LogP contribution in [0.3, 0.4) is 0 Å². The van der Waals surface area contributed by atoms with Gasteiger partial charge in [0.2, 0.25) is 0 Å². The van der Waals surface area contributed by atoms with Gasteiger partial charge in [-0.1, -0.05) is 6.92 Å². The summed E-state index contributed by atoms with van der Waals surface area (Å²) in [6, 6.07) is 0.140. The van der Waals surface area contributed by atoms with E-state index in [1.165, 1.54) is 0 Å². The van der Waals surface area contributed by atoms with E-state index in [1.807, 2.05) is 13.8 Å². The molecule has 0 spiro atoms. The molecule has 11 heavy (non-hydrogen) atoms. The second kappa shape index (κ2) is 6.52. The fourth-order valence-electron chi connectivity index (χ4n) is 0.674. The first-order chi connectivity index (χ1) is 5.22. The highest BCUT2D eigenvalue weighted by atomic mass is 32.1. The van der Waals surface area contributed by atoms with Crippen molar-refractivity contribution in [1.29, 1.82) is 0 Å². The van der Waals surface area contributed by atoms with Crippen molar-refractivity contribution >= 4 is 17.3 Å². The quantitative estimate of drug-likeness (QED) is 0.591. The van der Waals surface area contributed by atoms with E-state index >= 15 is 0 Å². The van der Waals surface area contributed by atoms with Crippen LogP contribution in [0.4, 0.5) is 0 Å². The van der Waals surface area contributed by atoms with Crippen LogP contribution < -0.4 is 11.1 Å². The summed E-state index contributed by atoms with van der Waals surface area (Å²) in [6.07, 6.45) is 0. The molecule has 0 unspecified atom stereocenters. The van der Waals surface area contributed by atoms with Crippen LogP contribution in [0.2, 0.25) is 0 Å². The molecule has 66 valence electrons. The molecule has 4 heteroatoms. The normalized spacial score (nSPS) is 12.6. The maximum atomic E-state index is 5.25. The van der Waals surface area contributed by atoms with Gasteiger partial charge in [-0.15, -0.1) is 0 Å². The number of rotatable bonds is 5.